The third kappa shape index (κ3) is 3.72. The molecule has 2 aliphatic carbocycles. The van der Waals surface area contributed by atoms with E-state index in [1.165, 1.54) is 0 Å². The van der Waals surface area contributed by atoms with E-state index in [1.807, 2.05) is 27.7 Å². The summed E-state index contributed by atoms with van der Waals surface area (Å²) in [7, 11) is 0. The molecule has 0 radical (unpaired) electrons. The summed E-state index contributed by atoms with van der Waals surface area (Å²) < 4.78 is 16.4. The first-order chi connectivity index (χ1) is 14.2. The minimum Gasteiger partial charge on any atom is -0.457 e. The third-order valence-electron chi connectivity index (χ3n) is 8.25. The number of hydrogen-bond acceptors (Lipinski definition) is 7. The van der Waals surface area contributed by atoms with Gasteiger partial charge in [0.1, 0.15) is 12.2 Å². The number of esters is 3. The minimum atomic E-state index is -1.08. The maximum atomic E-state index is 13.1. The first-order valence-electron chi connectivity index (χ1n) is 11.2. The van der Waals surface area contributed by atoms with Gasteiger partial charge in [0.15, 0.2) is 12.0 Å². The zero-order chi connectivity index (χ0) is 23.4. The molecule has 0 aromatic carbocycles. The molecule has 3 fully saturated rings. The lowest BCUT2D eigenvalue weighted by molar-refractivity contribution is -0.177. The van der Waals surface area contributed by atoms with Crippen molar-refractivity contribution >= 4 is 17.9 Å². The molecular formula is C24H35NO6. The van der Waals surface area contributed by atoms with E-state index in [0.29, 0.717) is 19.3 Å². The molecule has 31 heavy (non-hydrogen) atoms. The van der Waals surface area contributed by atoms with E-state index in [2.05, 4.69) is 26.8 Å². The molecule has 7 nitrogen and oxygen atoms in total. The van der Waals surface area contributed by atoms with Crippen molar-refractivity contribution in [3.63, 3.8) is 0 Å². The highest BCUT2D eigenvalue weighted by molar-refractivity contribution is 5.85. The summed E-state index contributed by atoms with van der Waals surface area (Å²) in [6.07, 6.45) is 1.40. The van der Waals surface area contributed by atoms with Crippen molar-refractivity contribution in [2.45, 2.75) is 86.4 Å². The van der Waals surface area contributed by atoms with Crippen LogP contribution in [0.1, 0.15) is 74.1 Å². The molecule has 0 aromatic heterocycles. The summed E-state index contributed by atoms with van der Waals surface area (Å²) in [5.74, 6) is -1.87. The molecule has 1 heterocycles. The molecular weight excluding hydrogens is 398 g/mol. The fourth-order valence-corrected chi connectivity index (χ4v) is 5.48. The van der Waals surface area contributed by atoms with E-state index in [-0.39, 0.29) is 22.7 Å². The molecule has 2 bridgehead atoms. The quantitative estimate of drug-likeness (QED) is 0.444. The van der Waals surface area contributed by atoms with Gasteiger partial charge in [0.25, 0.3) is 0 Å². The van der Waals surface area contributed by atoms with Gasteiger partial charge >= 0.3 is 17.9 Å². The van der Waals surface area contributed by atoms with Gasteiger partial charge in [-0.25, -0.2) is 4.79 Å². The van der Waals surface area contributed by atoms with Gasteiger partial charge in [-0.3, -0.25) is 9.59 Å². The summed E-state index contributed by atoms with van der Waals surface area (Å²) in [6.45, 7) is 13.8. The molecule has 7 heteroatoms. The minimum absolute atomic E-state index is 0.0514. The maximum absolute atomic E-state index is 13.1. The number of nitrogens with zero attached hydrogens (tertiary/aromatic N) is 1. The molecule has 172 valence electrons. The normalized spacial score (nSPS) is 33.4. The summed E-state index contributed by atoms with van der Waals surface area (Å²) >= 11 is 0. The number of carbonyl (C=O) groups excluding carboxylic acids is 3. The van der Waals surface area contributed by atoms with Crippen molar-refractivity contribution in [1.29, 1.82) is 5.26 Å². The number of carbonyl (C=O) groups is 3. The van der Waals surface area contributed by atoms with Crippen molar-refractivity contribution in [2.24, 2.45) is 33.5 Å². The SMILES string of the molecule is CCC(C)(C)CC(C)(C(=O)OCC(=O)OC1C2CC3C1OC(=O)C3(C#N)C2)C(C)(C)C. The van der Waals surface area contributed by atoms with Crippen LogP contribution in [0.15, 0.2) is 0 Å². The first-order valence-corrected chi connectivity index (χ1v) is 11.2. The summed E-state index contributed by atoms with van der Waals surface area (Å²) in [6, 6.07) is 2.13. The first kappa shape index (κ1) is 23.6. The average molecular weight is 434 g/mol. The predicted molar refractivity (Wildman–Crippen MR) is 111 cm³/mol. The number of rotatable bonds is 7. The Kier molecular flexibility index (Phi) is 5.70. The molecule has 1 aliphatic heterocycles. The molecule has 6 unspecified atom stereocenters. The Bertz CT molecular complexity index is 821. The van der Waals surface area contributed by atoms with Crippen LogP contribution in [0.5, 0.6) is 0 Å². The van der Waals surface area contributed by atoms with Gasteiger partial charge in [-0.05, 0) is 37.0 Å². The Morgan fingerprint density at radius 1 is 1.23 bits per heavy atom. The second kappa shape index (κ2) is 7.50. The van der Waals surface area contributed by atoms with Gasteiger partial charge in [-0.2, -0.15) is 5.26 Å². The van der Waals surface area contributed by atoms with Crippen LogP contribution >= 0.6 is 0 Å². The number of hydrogen-bond donors (Lipinski definition) is 0. The smallest absolute Gasteiger partial charge is 0.344 e. The number of ether oxygens (including phenoxy) is 3. The lowest BCUT2D eigenvalue weighted by Crippen LogP contribution is -2.45. The fourth-order valence-electron chi connectivity index (χ4n) is 5.48. The summed E-state index contributed by atoms with van der Waals surface area (Å²) in [5.41, 5.74) is -2.26. The molecule has 0 aromatic rings. The van der Waals surface area contributed by atoms with Crippen LogP contribution in [0.4, 0.5) is 0 Å². The lowest BCUT2D eigenvalue weighted by atomic mass is 9.60. The van der Waals surface area contributed by atoms with Gasteiger partial charge < -0.3 is 14.2 Å². The van der Waals surface area contributed by atoms with Crippen LogP contribution in [0, 0.1) is 44.8 Å². The Morgan fingerprint density at radius 2 is 1.87 bits per heavy atom. The monoisotopic (exact) mass is 433 g/mol. The van der Waals surface area contributed by atoms with Crippen molar-refractivity contribution in [3.8, 4) is 6.07 Å². The molecule has 3 aliphatic rings. The zero-order valence-electron chi connectivity index (χ0n) is 19.7. The standard InChI is InChI=1S/C24H35NO6/c1-8-22(5,6)12-23(7,21(2,3)4)19(27)29-11-16(26)30-17-14-9-15-18(17)31-20(28)24(15,10-14)13-25/h14-15,17-18H,8-12H2,1-7H3. The zero-order valence-corrected chi connectivity index (χ0v) is 19.7. The highest BCUT2D eigenvalue weighted by Gasteiger charge is 2.72. The summed E-state index contributed by atoms with van der Waals surface area (Å²) in [5, 5.41) is 9.47. The lowest BCUT2D eigenvalue weighted by Gasteiger charge is -2.44. The predicted octanol–water partition coefficient (Wildman–Crippen LogP) is 3.80. The van der Waals surface area contributed by atoms with E-state index >= 15 is 0 Å². The maximum Gasteiger partial charge on any atom is 0.344 e. The molecule has 6 atom stereocenters. The van der Waals surface area contributed by atoms with Gasteiger partial charge in [0, 0.05) is 11.8 Å². The Labute approximate surface area is 184 Å². The molecule has 2 saturated carbocycles. The Balaban J connectivity index is 1.61. The van der Waals surface area contributed by atoms with Crippen molar-refractivity contribution in [1.82, 2.24) is 0 Å². The van der Waals surface area contributed by atoms with E-state index in [9.17, 15) is 19.6 Å². The Hall–Kier alpha value is -2.10. The second-order valence-electron chi connectivity index (χ2n) is 11.6. The fraction of sp³-hybridized carbons (Fsp3) is 0.833. The largest absolute Gasteiger partial charge is 0.457 e. The molecule has 0 spiro atoms. The highest BCUT2D eigenvalue weighted by Crippen LogP contribution is 2.62. The molecule has 1 saturated heterocycles. The van der Waals surface area contributed by atoms with Crippen molar-refractivity contribution < 1.29 is 28.6 Å². The molecule has 3 rings (SSSR count). The third-order valence-corrected chi connectivity index (χ3v) is 8.25. The van der Waals surface area contributed by atoms with Crippen LogP contribution < -0.4 is 0 Å². The van der Waals surface area contributed by atoms with E-state index < -0.39 is 47.6 Å². The van der Waals surface area contributed by atoms with Crippen LogP contribution in [-0.4, -0.2) is 36.7 Å². The second-order valence-corrected chi connectivity index (χ2v) is 11.6. The average Bonchev–Trinajstić information content (AvgIpc) is 3.26. The van der Waals surface area contributed by atoms with Gasteiger partial charge in [0.05, 0.1) is 11.5 Å². The van der Waals surface area contributed by atoms with Gasteiger partial charge in [0.2, 0.25) is 0 Å². The van der Waals surface area contributed by atoms with Gasteiger partial charge in [-0.15, -0.1) is 0 Å². The molecule has 0 N–H and O–H groups in total. The Morgan fingerprint density at radius 3 is 2.42 bits per heavy atom. The van der Waals surface area contributed by atoms with Crippen molar-refractivity contribution in [2.75, 3.05) is 6.61 Å². The topological polar surface area (TPSA) is 103 Å². The van der Waals surface area contributed by atoms with E-state index in [1.54, 1.807) is 0 Å². The number of nitriles is 1. The van der Waals surface area contributed by atoms with Crippen molar-refractivity contribution in [3.05, 3.63) is 0 Å². The van der Waals surface area contributed by atoms with Crippen LogP contribution in [0.2, 0.25) is 0 Å². The van der Waals surface area contributed by atoms with Crippen LogP contribution in [0.25, 0.3) is 0 Å². The van der Waals surface area contributed by atoms with Crippen LogP contribution in [-0.2, 0) is 28.6 Å². The van der Waals surface area contributed by atoms with E-state index in [4.69, 9.17) is 14.2 Å². The summed E-state index contributed by atoms with van der Waals surface area (Å²) in [4.78, 5) is 37.8. The van der Waals surface area contributed by atoms with Crippen LogP contribution in [0.3, 0.4) is 0 Å². The number of fused-ring (bicyclic) bond motifs is 1. The highest BCUT2D eigenvalue weighted by atomic mass is 16.6. The van der Waals surface area contributed by atoms with E-state index in [0.717, 1.165) is 6.42 Å². The molecule has 0 amide bonds. The van der Waals surface area contributed by atoms with Gasteiger partial charge in [-0.1, -0.05) is 48.0 Å².